The van der Waals surface area contributed by atoms with Crippen LogP contribution in [0.25, 0.3) is 0 Å². The number of thiol groups is 3. The van der Waals surface area contributed by atoms with E-state index in [2.05, 4.69) is 47.9 Å². The van der Waals surface area contributed by atoms with Crippen molar-refractivity contribution in [1.82, 2.24) is 0 Å². The van der Waals surface area contributed by atoms with E-state index in [1.165, 1.54) is 0 Å². The van der Waals surface area contributed by atoms with Gasteiger partial charge in [0.2, 0.25) is 0 Å². The average molecular weight is 281 g/mol. The van der Waals surface area contributed by atoms with Crippen LogP contribution >= 0.6 is 49.6 Å². The molecule has 15 heavy (non-hydrogen) atoms. The van der Waals surface area contributed by atoms with Crippen molar-refractivity contribution in [3.05, 3.63) is 0 Å². The Balaban J connectivity index is 2.63. The smallest absolute Gasteiger partial charge is 0.126 e. The fourth-order valence-corrected chi connectivity index (χ4v) is 3.30. The predicted molar refractivity (Wildman–Crippen MR) is 81.7 cm³/mol. The molecule has 1 aliphatic heterocycles. The lowest BCUT2D eigenvalue weighted by molar-refractivity contribution is 0.874. The largest absolute Gasteiger partial charge is 0.256 e. The van der Waals surface area contributed by atoms with E-state index >= 15 is 0 Å². The molecule has 0 saturated heterocycles. The van der Waals surface area contributed by atoms with Gasteiger partial charge in [0.1, 0.15) is 11.2 Å². The molecule has 86 valence electrons. The SMILES string of the molecule is SCCC1=NC(CCS)SC(CCS)=N1. The molecule has 0 amide bonds. The maximum atomic E-state index is 4.56. The molecule has 0 fully saturated rings. The first-order valence-corrected chi connectivity index (χ1v) is 7.71. The van der Waals surface area contributed by atoms with Gasteiger partial charge in [-0.25, -0.2) is 4.99 Å². The van der Waals surface area contributed by atoms with Crippen molar-refractivity contribution in [1.29, 1.82) is 0 Å². The van der Waals surface area contributed by atoms with Gasteiger partial charge in [-0.15, -0.1) is 0 Å². The van der Waals surface area contributed by atoms with Crippen LogP contribution in [0, 0.1) is 0 Å². The fraction of sp³-hybridized carbons (Fsp3) is 0.778. The summed E-state index contributed by atoms with van der Waals surface area (Å²) in [5.74, 6) is 3.44. The van der Waals surface area contributed by atoms with Gasteiger partial charge in [0.15, 0.2) is 0 Å². The van der Waals surface area contributed by atoms with Crippen LogP contribution in [0.4, 0.5) is 0 Å². The predicted octanol–water partition coefficient (Wildman–Crippen LogP) is 2.82. The van der Waals surface area contributed by atoms with Gasteiger partial charge in [0.05, 0.1) is 5.04 Å². The van der Waals surface area contributed by atoms with Gasteiger partial charge in [-0.1, -0.05) is 11.8 Å². The minimum atomic E-state index is 0.296. The minimum Gasteiger partial charge on any atom is -0.256 e. The minimum absolute atomic E-state index is 0.296. The summed E-state index contributed by atoms with van der Waals surface area (Å²) in [6.45, 7) is 0. The summed E-state index contributed by atoms with van der Waals surface area (Å²) in [7, 11) is 0. The molecule has 0 spiro atoms. The van der Waals surface area contributed by atoms with Crippen LogP contribution in [0.2, 0.25) is 0 Å². The van der Waals surface area contributed by atoms with Crippen molar-refractivity contribution in [2.45, 2.75) is 24.6 Å². The molecule has 2 nitrogen and oxygen atoms in total. The first kappa shape index (κ1) is 13.8. The van der Waals surface area contributed by atoms with E-state index in [0.717, 1.165) is 47.4 Å². The Kier molecular flexibility index (Phi) is 7.29. The second-order valence-electron chi connectivity index (χ2n) is 3.08. The standard InChI is InChI=1S/C9H16N2S4/c12-4-1-7-10-8(2-5-13)15-9(11-7)3-6-14/h8,12-14H,1-6H2. The summed E-state index contributed by atoms with van der Waals surface area (Å²) >= 11 is 14.4. The monoisotopic (exact) mass is 280 g/mol. The highest BCUT2D eigenvalue weighted by atomic mass is 32.2. The van der Waals surface area contributed by atoms with Gasteiger partial charge in [0.25, 0.3) is 0 Å². The van der Waals surface area contributed by atoms with Crippen LogP contribution in [0.3, 0.4) is 0 Å². The third-order valence-electron chi connectivity index (χ3n) is 1.86. The average Bonchev–Trinajstić information content (AvgIpc) is 2.19. The van der Waals surface area contributed by atoms with Crippen LogP contribution < -0.4 is 0 Å². The molecule has 0 N–H and O–H groups in total. The first-order valence-electron chi connectivity index (χ1n) is 4.93. The van der Waals surface area contributed by atoms with E-state index in [1.807, 2.05) is 0 Å². The molecule has 1 unspecified atom stereocenters. The molecule has 1 atom stereocenters. The summed E-state index contributed by atoms with van der Waals surface area (Å²) in [5.41, 5.74) is 0. The summed E-state index contributed by atoms with van der Waals surface area (Å²) in [5, 5.41) is 1.45. The van der Waals surface area contributed by atoms with E-state index in [9.17, 15) is 0 Å². The van der Waals surface area contributed by atoms with Crippen molar-refractivity contribution in [3.8, 4) is 0 Å². The molecule has 0 saturated carbocycles. The molecule has 0 bridgehead atoms. The number of hydrogen-bond donors (Lipinski definition) is 3. The Bertz CT molecular complexity index is 252. The number of rotatable bonds is 6. The van der Waals surface area contributed by atoms with E-state index < -0.39 is 0 Å². The molecule has 0 radical (unpaired) electrons. The second kappa shape index (κ2) is 7.92. The maximum absolute atomic E-state index is 4.56. The maximum Gasteiger partial charge on any atom is 0.126 e. The summed E-state index contributed by atoms with van der Waals surface area (Å²) in [6, 6.07) is 0. The fourth-order valence-electron chi connectivity index (χ4n) is 1.21. The zero-order valence-corrected chi connectivity index (χ0v) is 12.0. The van der Waals surface area contributed by atoms with Crippen molar-refractivity contribution in [2.75, 3.05) is 17.3 Å². The number of nitrogens with zero attached hydrogens (tertiary/aromatic N) is 2. The summed E-state index contributed by atoms with van der Waals surface area (Å²) in [6.07, 6.45) is 2.78. The third-order valence-corrected chi connectivity index (χ3v) is 3.74. The van der Waals surface area contributed by atoms with Gasteiger partial charge in [-0.3, -0.25) is 4.99 Å². The highest BCUT2D eigenvalue weighted by Crippen LogP contribution is 2.25. The number of aliphatic imine (C=N–C) groups is 2. The number of hydrogen-bond acceptors (Lipinski definition) is 6. The topological polar surface area (TPSA) is 24.7 Å². The Morgan fingerprint density at radius 1 is 1.07 bits per heavy atom. The van der Waals surface area contributed by atoms with Crippen molar-refractivity contribution in [3.63, 3.8) is 0 Å². The van der Waals surface area contributed by atoms with Gasteiger partial charge in [-0.05, 0) is 23.7 Å². The van der Waals surface area contributed by atoms with Gasteiger partial charge in [-0.2, -0.15) is 37.9 Å². The third kappa shape index (κ3) is 5.06. The number of amidine groups is 1. The van der Waals surface area contributed by atoms with Crippen LogP contribution in [0.1, 0.15) is 19.3 Å². The quantitative estimate of drug-likeness (QED) is 0.641. The zero-order valence-electron chi connectivity index (χ0n) is 8.46. The van der Waals surface area contributed by atoms with E-state index in [1.54, 1.807) is 11.8 Å². The molecule has 0 aromatic heterocycles. The highest BCUT2D eigenvalue weighted by Gasteiger charge is 2.17. The molecule has 6 heteroatoms. The van der Waals surface area contributed by atoms with E-state index in [0.29, 0.717) is 5.37 Å². The molecule has 1 rings (SSSR count). The summed E-state index contributed by atoms with van der Waals surface area (Å²) in [4.78, 5) is 9.06. The molecule has 1 aliphatic rings. The number of thioether (sulfide) groups is 1. The van der Waals surface area contributed by atoms with Gasteiger partial charge >= 0.3 is 0 Å². The Morgan fingerprint density at radius 2 is 1.80 bits per heavy atom. The van der Waals surface area contributed by atoms with Gasteiger partial charge in [0, 0.05) is 12.8 Å². The molecular weight excluding hydrogens is 264 g/mol. The van der Waals surface area contributed by atoms with Crippen molar-refractivity contribution >= 4 is 60.5 Å². The van der Waals surface area contributed by atoms with Gasteiger partial charge < -0.3 is 0 Å². The lowest BCUT2D eigenvalue weighted by atomic mass is 10.4. The van der Waals surface area contributed by atoms with Crippen molar-refractivity contribution < 1.29 is 0 Å². The molecular formula is C9H16N2S4. The van der Waals surface area contributed by atoms with Crippen LogP contribution in [-0.4, -0.2) is 33.5 Å². The van der Waals surface area contributed by atoms with Crippen LogP contribution in [0.5, 0.6) is 0 Å². The Hall–Kier alpha value is 0.740. The molecule has 0 aliphatic carbocycles. The Morgan fingerprint density at radius 3 is 2.40 bits per heavy atom. The zero-order chi connectivity index (χ0) is 11.1. The lowest BCUT2D eigenvalue weighted by Gasteiger charge is -2.18. The highest BCUT2D eigenvalue weighted by molar-refractivity contribution is 8.14. The first-order chi connectivity index (χ1) is 7.30. The molecule has 0 aromatic carbocycles. The van der Waals surface area contributed by atoms with Crippen LogP contribution in [-0.2, 0) is 0 Å². The molecule has 0 aromatic rings. The second-order valence-corrected chi connectivity index (χ2v) is 5.68. The van der Waals surface area contributed by atoms with E-state index in [4.69, 9.17) is 0 Å². The molecule has 1 heterocycles. The Labute approximate surface area is 112 Å². The lowest BCUT2D eigenvalue weighted by Crippen LogP contribution is -2.16. The van der Waals surface area contributed by atoms with Crippen LogP contribution in [0.15, 0.2) is 9.98 Å². The summed E-state index contributed by atoms with van der Waals surface area (Å²) < 4.78 is 0. The normalized spacial score (nSPS) is 21.1. The van der Waals surface area contributed by atoms with Crippen molar-refractivity contribution in [2.24, 2.45) is 9.98 Å². The van der Waals surface area contributed by atoms with E-state index in [-0.39, 0.29) is 0 Å².